The molecule has 0 saturated carbocycles. The lowest BCUT2D eigenvalue weighted by atomic mass is 10.0. The maximum atomic E-state index is 5.53. The van der Waals surface area contributed by atoms with Crippen LogP contribution in [0.25, 0.3) is 0 Å². The predicted octanol–water partition coefficient (Wildman–Crippen LogP) is 2.80. The number of anilines is 1. The third-order valence-electron chi connectivity index (χ3n) is 5.30. The molecule has 3 N–H and O–H groups in total. The minimum absolute atomic E-state index is 0.358. The second kappa shape index (κ2) is 10.3. The van der Waals surface area contributed by atoms with Crippen molar-refractivity contribution in [2.24, 2.45) is 0 Å². The summed E-state index contributed by atoms with van der Waals surface area (Å²) < 4.78 is 10.6. The van der Waals surface area contributed by atoms with E-state index in [-0.39, 0.29) is 0 Å². The Morgan fingerprint density at radius 1 is 1.00 bits per heavy atom. The first-order valence-electron chi connectivity index (χ1n) is 9.87. The number of thiocarbonyl (C=S) groups is 1. The predicted molar refractivity (Wildman–Crippen MR) is 118 cm³/mol. The maximum absolute atomic E-state index is 5.53. The molecule has 0 unspecified atom stereocenters. The molecule has 0 amide bonds. The van der Waals surface area contributed by atoms with Crippen LogP contribution in [0.3, 0.4) is 0 Å². The number of likely N-dealkylation sites (tertiary alicyclic amines) is 1. The molecule has 2 aromatic rings. The Balaban J connectivity index is 1.65. The minimum atomic E-state index is 0.358. The zero-order valence-corrected chi connectivity index (χ0v) is 17.5. The highest BCUT2D eigenvalue weighted by molar-refractivity contribution is 7.80. The summed E-state index contributed by atoms with van der Waals surface area (Å²) >= 11 is 5.53. The van der Waals surface area contributed by atoms with Crippen molar-refractivity contribution >= 4 is 23.0 Å². The minimum Gasteiger partial charge on any atom is -0.497 e. The van der Waals surface area contributed by atoms with Crippen molar-refractivity contribution in [3.8, 4) is 11.5 Å². The van der Waals surface area contributed by atoms with E-state index in [1.165, 1.54) is 37.9 Å². The SMILES string of the molecule is COc1ccc([C@@H](CNC(=S)Nc2cccc(OC)c2)[NH+]2CCCCC2)cc1. The molecule has 150 valence electrons. The van der Waals surface area contributed by atoms with E-state index < -0.39 is 0 Å². The number of ether oxygens (including phenoxy) is 2. The Hall–Kier alpha value is -2.31. The highest BCUT2D eigenvalue weighted by atomic mass is 32.1. The van der Waals surface area contributed by atoms with Crippen LogP contribution in [0.5, 0.6) is 11.5 Å². The fourth-order valence-electron chi connectivity index (χ4n) is 3.76. The molecular weight excluding hydrogens is 370 g/mol. The standard InChI is InChI=1S/C22H29N3O2S/c1-26-19-11-9-17(10-12-19)21(25-13-4-3-5-14-25)16-23-22(28)24-18-7-6-8-20(15-18)27-2/h6-12,15,21H,3-5,13-14,16H2,1-2H3,(H2,23,24,28)/p+1/t21-/m1/s1. The summed E-state index contributed by atoms with van der Waals surface area (Å²) in [7, 11) is 3.36. The van der Waals surface area contributed by atoms with Crippen LogP contribution in [0.1, 0.15) is 30.9 Å². The molecule has 0 bridgehead atoms. The van der Waals surface area contributed by atoms with Crippen LogP contribution in [0, 0.1) is 0 Å². The van der Waals surface area contributed by atoms with Gasteiger partial charge in [-0.05, 0) is 67.9 Å². The Labute approximate surface area is 173 Å². The molecule has 1 saturated heterocycles. The molecule has 28 heavy (non-hydrogen) atoms. The van der Waals surface area contributed by atoms with Gasteiger partial charge in [0, 0.05) is 17.3 Å². The third kappa shape index (κ3) is 5.59. The van der Waals surface area contributed by atoms with Gasteiger partial charge in [-0.1, -0.05) is 6.07 Å². The van der Waals surface area contributed by atoms with Crippen molar-refractivity contribution in [3.05, 3.63) is 54.1 Å². The van der Waals surface area contributed by atoms with Crippen molar-refractivity contribution in [2.45, 2.75) is 25.3 Å². The number of piperidine rings is 1. The number of rotatable bonds is 7. The summed E-state index contributed by atoms with van der Waals surface area (Å²) in [5, 5.41) is 7.30. The number of benzene rings is 2. The quantitative estimate of drug-likeness (QED) is 0.624. The van der Waals surface area contributed by atoms with Gasteiger partial charge in [-0.3, -0.25) is 0 Å². The first-order valence-corrected chi connectivity index (χ1v) is 10.3. The molecule has 0 aliphatic carbocycles. The van der Waals surface area contributed by atoms with Crippen LogP contribution < -0.4 is 25.0 Å². The average Bonchev–Trinajstić information content (AvgIpc) is 2.75. The topological polar surface area (TPSA) is 47.0 Å². The lowest BCUT2D eigenvalue weighted by molar-refractivity contribution is -0.934. The highest BCUT2D eigenvalue weighted by Crippen LogP contribution is 2.18. The second-order valence-electron chi connectivity index (χ2n) is 7.11. The Bertz CT molecular complexity index is 761. The Kier molecular flexibility index (Phi) is 7.51. The fraction of sp³-hybridized carbons (Fsp3) is 0.409. The third-order valence-corrected chi connectivity index (χ3v) is 5.55. The van der Waals surface area contributed by atoms with E-state index >= 15 is 0 Å². The van der Waals surface area contributed by atoms with Gasteiger partial charge in [-0.15, -0.1) is 0 Å². The van der Waals surface area contributed by atoms with Crippen LogP contribution in [-0.4, -0.2) is 39.0 Å². The number of nitrogens with one attached hydrogen (secondary N) is 3. The lowest BCUT2D eigenvalue weighted by Crippen LogP contribution is -3.13. The molecule has 0 radical (unpaired) electrons. The van der Waals surface area contributed by atoms with Gasteiger partial charge in [0.15, 0.2) is 5.11 Å². The molecule has 1 fully saturated rings. The van der Waals surface area contributed by atoms with E-state index in [4.69, 9.17) is 21.7 Å². The Morgan fingerprint density at radius 3 is 2.39 bits per heavy atom. The second-order valence-corrected chi connectivity index (χ2v) is 7.52. The zero-order chi connectivity index (χ0) is 19.8. The van der Waals surface area contributed by atoms with Crippen molar-refractivity contribution in [1.29, 1.82) is 0 Å². The van der Waals surface area contributed by atoms with Crippen molar-refractivity contribution in [1.82, 2.24) is 5.32 Å². The molecule has 6 heteroatoms. The number of hydrogen-bond donors (Lipinski definition) is 3. The summed E-state index contributed by atoms with van der Waals surface area (Å²) in [5.41, 5.74) is 2.23. The van der Waals surface area contributed by atoms with Gasteiger partial charge in [-0.25, -0.2) is 0 Å². The summed E-state index contributed by atoms with van der Waals surface area (Å²) in [6.45, 7) is 3.19. The van der Waals surface area contributed by atoms with E-state index in [1.807, 2.05) is 36.4 Å². The van der Waals surface area contributed by atoms with Gasteiger partial charge in [0.2, 0.25) is 0 Å². The molecule has 1 heterocycles. The van der Waals surface area contributed by atoms with Gasteiger partial charge in [0.25, 0.3) is 0 Å². The van der Waals surface area contributed by atoms with E-state index in [1.54, 1.807) is 19.1 Å². The van der Waals surface area contributed by atoms with Crippen LogP contribution >= 0.6 is 12.2 Å². The van der Waals surface area contributed by atoms with Crippen molar-refractivity contribution < 1.29 is 14.4 Å². The van der Waals surface area contributed by atoms with Crippen molar-refractivity contribution in [2.75, 3.05) is 39.2 Å². The smallest absolute Gasteiger partial charge is 0.171 e. The monoisotopic (exact) mass is 400 g/mol. The van der Waals surface area contributed by atoms with Gasteiger partial charge in [0.1, 0.15) is 17.5 Å². The van der Waals surface area contributed by atoms with Crippen LogP contribution in [-0.2, 0) is 0 Å². The summed E-state index contributed by atoms with van der Waals surface area (Å²) in [4.78, 5) is 1.62. The molecule has 3 rings (SSSR count). The molecule has 1 atom stereocenters. The summed E-state index contributed by atoms with van der Waals surface area (Å²) in [6.07, 6.45) is 3.91. The van der Waals surface area contributed by atoms with E-state index in [0.29, 0.717) is 11.2 Å². The average molecular weight is 401 g/mol. The number of hydrogen-bond acceptors (Lipinski definition) is 3. The van der Waals surface area contributed by atoms with Gasteiger partial charge in [-0.2, -0.15) is 0 Å². The van der Waals surface area contributed by atoms with Crippen LogP contribution in [0.4, 0.5) is 5.69 Å². The van der Waals surface area contributed by atoms with E-state index in [2.05, 4.69) is 22.8 Å². The van der Waals surface area contributed by atoms with Crippen LogP contribution in [0.2, 0.25) is 0 Å². The summed E-state index contributed by atoms with van der Waals surface area (Å²) in [6, 6.07) is 16.6. The largest absolute Gasteiger partial charge is 0.497 e. The summed E-state index contributed by atoms with van der Waals surface area (Å²) in [5.74, 6) is 1.70. The fourth-order valence-corrected chi connectivity index (χ4v) is 3.96. The number of methoxy groups -OCH3 is 2. The zero-order valence-electron chi connectivity index (χ0n) is 16.7. The normalized spacial score (nSPS) is 15.5. The highest BCUT2D eigenvalue weighted by Gasteiger charge is 2.26. The first kappa shape index (κ1) is 20.4. The molecule has 5 nitrogen and oxygen atoms in total. The molecule has 0 aromatic heterocycles. The first-order chi connectivity index (χ1) is 13.7. The number of quaternary nitrogens is 1. The van der Waals surface area contributed by atoms with Gasteiger partial charge < -0.3 is 25.0 Å². The molecule has 1 aliphatic heterocycles. The lowest BCUT2D eigenvalue weighted by Gasteiger charge is -2.32. The maximum Gasteiger partial charge on any atom is 0.171 e. The Morgan fingerprint density at radius 2 is 1.71 bits per heavy atom. The van der Waals surface area contributed by atoms with E-state index in [0.717, 1.165) is 23.7 Å². The molecule has 0 spiro atoms. The van der Waals surface area contributed by atoms with Gasteiger partial charge >= 0.3 is 0 Å². The van der Waals surface area contributed by atoms with Crippen LogP contribution in [0.15, 0.2) is 48.5 Å². The molecule has 2 aromatic carbocycles. The molecular formula is C22H30N3O2S+. The van der Waals surface area contributed by atoms with Crippen molar-refractivity contribution in [3.63, 3.8) is 0 Å². The molecule has 1 aliphatic rings. The van der Waals surface area contributed by atoms with E-state index in [9.17, 15) is 0 Å². The van der Waals surface area contributed by atoms with Gasteiger partial charge in [0.05, 0.1) is 33.9 Å².